The van der Waals surface area contributed by atoms with E-state index in [2.05, 4.69) is 13.0 Å². The number of pyridine rings is 1. The van der Waals surface area contributed by atoms with Crippen LogP contribution in [-0.4, -0.2) is 17.3 Å². The van der Waals surface area contributed by atoms with E-state index < -0.39 is 0 Å². The fraction of sp³-hybridized carbons (Fsp3) is 0.211. The predicted octanol–water partition coefficient (Wildman–Crippen LogP) is 4.13. The van der Waals surface area contributed by atoms with Gasteiger partial charge in [-0.15, -0.1) is 0 Å². The summed E-state index contributed by atoms with van der Waals surface area (Å²) in [5, 5.41) is 0. The summed E-state index contributed by atoms with van der Waals surface area (Å²) in [6.45, 7) is 2.15. The van der Waals surface area contributed by atoms with Crippen LogP contribution >= 0.6 is 0 Å². The molecule has 0 unspecified atom stereocenters. The van der Waals surface area contributed by atoms with Crippen molar-refractivity contribution < 1.29 is 9.53 Å². The maximum Gasteiger partial charge on any atom is 0.209 e. The second-order valence-corrected chi connectivity index (χ2v) is 5.32. The number of carbonyl (C=O) groups excluding carboxylic acids is 1. The molecule has 0 saturated heterocycles. The zero-order chi connectivity index (χ0) is 15.5. The van der Waals surface area contributed by atoms with E-state index in [1.54, 1.807) is 7.11 Å². The highest BCUT2D eigenvalue weighted by atomic mass is 16.5. The molecule has 3 aromatic rings. The number of nitrogens with zero attached hydrogens (tertiary/aromatic N) is 1. The summed E-state index contributed by atoms with van der Waals surface area (Å²) in [4.78, 5) is 12.8. The molecule has 3 nitrogen and oxygen atoms in total. The lowest BCUT2D eigenvalue weighted by Crippen LogP contribution is -2.04. The highest BCUT2D eigenvalue weighted by Gasteiger charge is 2.16. The molecule has 0 aliphatic heterocycles. The molecule has 0 N–H and O–H groups in total. The molecule has 0 aliphatic rings. The topological polar surface area (TPSA) is 30.7 Å². The molecule has 112 valence electrons. The van der Waals surface area contributed by atoms with Gasteiger partial charge >= 0.3 is 0 Å². The smallest absolute Gasteiger partial charge is 0.209 e. The lowest BCUT2D eigenvalue weighted by Gasteiger charge is -2.04. The molecule has 22 heavy (non-hydrogen) atoms. The van der Waals surface area contributed by atoms with Crippen molar-refractivity contribution in [3.63, 3.8) is 0 Å². The molecule has 1 aromatic carbocycles. The lowest BCUT2D eigenvalue weighted by molar-refractivity contribution is 0.103. The molecule has 0 fully saturated rings. The zero-order valence-corrected chi connectivity index (χ0v) is 12.9. The number of methoxy groups -OCH3 is 1. The van der Waals surface area contributed by atoms with Gasteiger partial charge in [0.25, 0.3) is 0 Å². The number of hydrogen-bond donors (Lipinski definition) is 0. The van der Waals surface area contributed by atoms with Crippen LogP contribution in [0.2, 0.25) is 0 Å². The molecular weight excluding hydrogens is 274 g/mol. The van der Waals surface area contributed by atoms with Crippen molar-refractivity contribution in [2.75, 3.05) is 7.11 Å². The van der Waals surface area contributed by atoms with Crippen LogP contribution in [0.5, 0.6) is 5.75 Å². The van der Waals surface area contributed by atoms with Crippen LogP contribution in [-0.2, 0) is 6.42 Å². The van der Waals surface area contributed by atoms with Gasteiger partial charge in [0.05, 0.1) is 12.8 Å². The quantitative estimate of drug-likeness (QED) is 0.662. The van der Waals surface area contributed by atoms with Gasteiger partial charge in [0.15, 0.2) is 0 Å². The van der Waals surface area contributed by atoms with Gasteiger partial charge in [-0.3, -0.25) is 4.79 Å². The Labute approximate surface area is 130 Å². The third kappa shape index (κ3) is 2.50. The Hall–Kier alpha value is -2.55. The first-order valence-electron chi connectivity index (χ1n) is 7.52. The van der Waals surface area contributed by atoms with Crippen molar-refractivity contribution in [1.82, 2.24) is 4.40 Å². The van der Waals surface area contributed by atoms with E-state index in [4.69, 9.17) is 4.74 Å². The molecular formula is C19H19NO2. The fourth-order valence-electron chi connectivity index (χ4n) is 2.76. The maximum atomic E-state index is 12.8. The highest BCUT2D eigenvalue weighted by Crippen LogP contribution is 2.22. The van der Waals surface area contributed by atoms with Gasteiger partial charge < -0.3 is 9.14 Å². The minimum Gasteiger partial charge on any atom is -0.497 e. The van der Waals surface area contributed by atoms with E-state index in [9.17, 15) is 4.79 Å². The summed E-state index contributed by atoms with van der Waals surface area (Å²) in [6.07, 6.45) is 3.99. The number of benzene rings is 1. The first kappa shape index (κ1) is 14.4. The van der Waals surface area contributed by atoms with E-state index in [0.717, 1.165) is 24.1 Å². The van der Waals surface area contributed by atoms with Crippen molar-refractivity contribution >= 4 is 11.3 Å². The van der Waals surface area contributed by atoms with Gasteiger partial charge in [-0.25, -0.2) is 0 Å². The number of carbonyl (C=O) groups is 1. The number of ketones is 1. The molecule has 2 heterocycles. The standard InChI is InChI=1S/C19H19NO2/c1-3-6-15-13-18(20-12-5-4-7-17(15)20)19(21)14-8-10-16(22-2)11-9-14/h4-5,7-13H,3,6H2,1-2H3. The molecule has 0 bridgehead atoms. The van der Waals surface area contributed by atoms with Crippen LogP contribution in [0.25, 0.3) is 5.52 Å². The van der Waals surface area contributed by atoms with Crippen LogP contribution in [0.3, 0.4) is 0 Å². The number of aryl methyl sites for hydroxylation is 1. The van der Waals surface area contributed by atoms with Crippen LogP contribution in [0, 0.1) is 0 Å². The Morgan fingerprint density at radius 1 is 1.14 bits per heavy atom. The number of rotatable bonds is 5. The first-order valence-corrected chi connectivity index (χ1v) is 7.52. The van der Waals surface area contributed by atoms with E-state index in [1.165, 1.54) is 5.56 Å². The van der Waals surface area contributed by atoms with Gasteiger partial charge in [0.1, 0.15) is 5.75 Å². The molecule has 3 rings (SSSR count). The molecule has 3 heteroatoms. The van der Waals surface area contributed by atoms with Gasteiger partial charge in [0, 0.05) is 17.3 Å². The summed E-state index contributed by atoms with van der Waals surface area (Å²) in [5.74, 6) is 0.787. The van der Waals surface area contributed by atoms with Crippen LogP contribution in [0.15, 0.2) is 54.7 Å². The Balaban J connectivity index is 2.06. The van der Waals surface area contributed by atoms with Crippen LogP contribution in [0.1, 0.15) is 35.0 Å². The summed E-state index contributed by atoms with van der Waals surface area (Å²) in [7, 11) is 1.62. The first-order chi connectivity index (χ1) is 10.7. The summed E-state index contributed by atoms with van der Waals surface area (Å²) in [5.41, 5.74) is 3.72. The van der Waals surface area contributed by atoms with E-state index >= 15 is 0 Å². The Morgan fingerprint density at radius 3 is 2.59 bits per heavy atom. The fourth-order valence-corrected chi connectivity index (χ4v) is 2.76. The zero-order valence-electron chi connectivity index (χ0n) is 12.9. The average Bonchev–Trinajstić information content (AvgIpc) is 2.94. The predicted molar refractivity (Wildman–Crippen MR) is 87.8 cm³/mol. The Bertz CT molecular complexity index is 800. The third-order valence-corrected chi connectivity index (χ3v) is 3.86. The molecule has 0 amide bonds. The second-order valence-electron chi connectivity index (χ2n) is 5.32. The number of fused-ring (bicyclic) bond motifs is 1. The SMILES string of the molecule is CCCc1cc(C(=O)c2ccc(OC)cc2)n2ccccc12. The van der Waals surface area contributed by atoms with E-state index in [-0.39, 0.29) is 5.78 Å². The van der Waals surface area contributed by atoms with Crippen molar-refractivity contribution in [1.29, 1.82) is 0 Å². The molecule has 0 atom stereocenters. The summed E-state index contributed by atoms with van der Waals surface area (Å²) >= 11 is 0. The summed E-state index contributed by atoms with van der Waals surface area (Å²) < 4.78 is 7.13. The molecule has 0 spiro atoms. The van der Waals surface area contributed by atoms with Crippen molar-refractivity contribution in [3.8, 4) is 5.75 Å². The lowest BCUT2D eigenvalue weighted by atomic mass is 10.1. The van der Waals surface area contributed by atoms with Crippen molar-refractivity contribution in [3.05, 3.63) is 71.5 Å². The average molecular weight is 293 g/mol. The molecule has 0 saturated carbocycles. The van der Waals surface area contributed by atoms with Crippen molar-refractivity contribution in [2.24, 2.45) is 0 Å². The largest absolute Gasteiger partial charge is 0.497 e. The normalized spacial score (nSPS) is 10.8. The van der Waals surface area contributed by atoms with Crippen LogP contribution in [0.4, 0.5) is 0 Å². The minimum atomic E-state index is 0.0335. The molecule has 0 aliphatic carbocycles. The Kier molecular flexibility index (Phi) is 3.96. The monoisotopic (exact) mass is 293 g/mol. The molecule has 0 radical (unpaired) electrons. The molecule has 2 aromatic heterocycles. The maximum absolute atomic E-state index is 12.8. The number of hydrogen-bond acceptors (Lipinski definition) is 2. The second kappa shape index (κ2) is 6.06. The number of ether oxygens (including phenoxy) is 1. The van der Waals surface area contributed by atoms with Gasteiger partial charge in [0.2, 0.25) is 5.78 Å². The third-order valence-electron chi connectivity index (χ3n) is 3.86. The van der Waals surface area contributed by atoms with Crippen molar-refractivity contribution in [2.45, 2.75) is 19.8 Å². The van der Waals surface area contributed by atoms with Gasteiger partial charge in [-0.2, -0.15) is 0 Å². The van der Waals surface area contributed by atoms with E-state index in [1.807, 2.05) is 53.1 Å². The van der Waals surface area contributed by atoms with Gasteiger partial charge in [-0.1, -0.05) is 19.4 Å². The number of aromatic nitrogens is 1. The highest BCUT2D eigenvalue weighted by molar-refractivity contribution is 6.09. The minimum absolute atomic E-state index is 0.0335. The van der Waals surface area contributed by atoms with Crippen LogP contribution < -0.4 is 4.74 Å². The van der Waals surface area contributed by atoms with E-state index in [0.29, 0.717) is 11.3 Å². The summed E-state index contributed by atoms with van der Waals surface area (Å²) in [6, 6.07) is 15.3. The Morgan fingerprint density at radius 2 is 1.91 bits per heavy atom. The van der Waals surface area contributed by atoms with Gasteiger partial charge in [-0.05, 0) is 54.4 Å².